The van der Waals surface area contributed by atoms with Crippen LogP contribution >= 0.6 is 0 Å². The molecule has 0 saturated carbocycles. The molecule has 0 aliphatic rings. The molecule has 0 amide bonds. The molecule has 0 aromatic heterocycles. The van der Waals surface area contributed by atoms with Crippen molar-refractivity contribution in [2.45, 2.75) is 23.7 Å². The van der Waals surface area contributed by atoms with E-state index in [1.54, 1.807) is 19.0 Å². The first-order valence-corrected chi connectivity index (χ1v) is 9.35. The van der Waals surface area contributed by atoms with E-state index >= 15 is 0 Å². The largest absolute Gasteiger partial charge is 0.484 e. The second-order valence-electron chi connectivity index (χ2n) is 5.97. The van der Waals surface area contributed by atoms with Crippen LogP contribution in [0.1, 0.15) is 6.42 Å². The lowest BCUT2D eigenvalue weighted by Crippen LogP contribution is -2.28. The van der Waals surface area contributed by atoms with Gasteiger partial charge in [0, 0.05) is 12.6 Å². The zero-order valence-corrected chi connectivity index (χ0v) is 15.8. The van der Waals surface area contributed by atoms with Crippen molar-refractivity contribution in [3.8, 4) is 11.5 Å². The predicted molar refractivity (Wildman–Crippen MR) is 87.9 cm³/mol. The predicted octanol–water partition coefficient (Wildman–Crippen LogP) is 2.80. The summed E-state index contributed by atoms with van der Waals surface area (Å²) in [5, 5.41) is 0. The molecule has 0 fully saturated rings. The maximum atomic E-state index is 12.4. The van der Waals surface area contributed by atoms with Gasteiger partial charge in [-0.25, -0.2) is 13.1 Å². The molecular weight excluding hydrogens is 418 g/mol. The van der Waals surface area contributed by atoms with Crippen molar-refractivity contribution in [3.05, 3.63) is 18.2 Å². The standard InChI is InChI=1S/C15H20F6N2O4S/c1-23(2)7-3-6-22-28(24,25)13-8-11(26-9-14(16,17)18)4-5-12(13)27-10-15(19,20)21/h4-5,8,22H,3,6-7,9-10H2,1-2H3. The summed E-state index contributed by atoms with van der Waals surface area (Å²) in [5.74, 6) is -1.14. The molecule has 0 saturated heterocycles. The summed E-state index contributed by atoms with van der Waals surface area (Å²) in [4.78, 5) is 1.04. The maximum Gasteiger partial charge on any atom is 0.422 e. The number of alkyl halides is 6. The number of hydrogen-bond acceptors (Lipinski definition) is 5. The lowest BCUT2D eigenvalue weighted by atomic mass is 10.3. The summed E-state index contributed by atoms with van der Waals surface area (Å²) in [6.45, 7) is -2.95. The summed E-state index contributed by atoms with van der Waals surface area (Å²) in [7, 11) is -0.829. The molecule has 0 unspecified atom stereocenters. The van der Waals surface area contributed by atoms with Gasteiger partial charge in [-0.3, -0.25) is 0 Å². The van der Waals surface area contributed by atoms with Crippen molar-refractivity contribution in [3.63, 3.8) is 0 Å². The molecule has 162 valence electrons. The third-order valence-corrected chi connectivity index (χ3v) is 4.55. The highest BCUT2D eigenvalue weighted by molar-refractivity contribution is 7.89. The summed E-state index contributed by atoms with van der Waals surface area (Å²) < 4.78 is 110. The molecule has 0 aliphatic carbocycles. The van der Waals surface area contributed by atoms with Gasteiger partial charge < -0.3 is 14.4 Å². The van der Waals surface area contributed by atoms with E-state index in [9.17, 15) is 34.8 Å². The smallest absolute Gasteiger partial charge is 0.422 e. The average molecular weight is 438 g/mol. The second-order valence-corrected chi connectivity index (χ2v) is 7.71. The molecule has 13 heteroatoms. The molecule has 28 heavy (non-hydrogen) atoms. The van der Waals surface area contributed by atoms with Crippen molar-refractivity contribution < 1.29 is 44.2 Å². The van der Waals surface area contributed by atoms with Crippen LogP contribution in [-0.4, -0.2) is 66.1 Å². The molecule has 1 aromatic rings. The normalized spacial score (nSPS) is 13.0. The maximum absolute atomic E-state index is 12.4. The van der Waals surface area contributed by atoms with Crippen LogP contribution in [0, 0.1) is 0 Å². The van der Waals surface area contributed by atoms with Crippen molar-refractivity contribution in [2.75, 3.05) is 40.4 Å². The number of rotatable bonds is 10. The number of hydrogen-bond donors (Lipinski definition) is 1. The average Bonchev–Trinajstić information content (AvgIpc) is 2.54. The molecule has 0 bridgehead atoms. The molecular formula is C15H20F6N2O4S. The van der Waals surface area contributed by atoms with Crippen LogP contribution in [0.25, 0.3) is 0 Å². The van der Waals surface area contributed by atoms with Crippen molar-refractivity contribution in [1.82, 2.24) is 9.62 Å². The molecule has 0 heterocycles. The Balaban J connectivity index is 3.06. The third kappa shape index (κ3) is 9.46. The highest BCUT2D eigenvalue weighted by Gasteiger charge is 2.31. The zero-order chi connectivity index (χ0) is 21.6. The minimum absolute atomic E-state index is 0.0349. The number of benzene rings is 1. The number of ether oxygens (including phenoxy) is 2. The quantitative estimate of drug-likeness (QED) is 0.450. The van der Waals surface area contributed by atoms with E-state index in [2.05, 4.69) is 14.2 Å². The minimum atomic E-state index is -4.73. The van der Waals surface area contributed by atoms with Gasteiger partial charge in [-0.2, -0.15) is 26.3 Å². The van der Waals surface area contributed by atoms with Crippen LogP contribution in [0.15, 0.2) is 23.1 Å². The number of nitrogens with zero attached hydrogens (tertiary/aromatic N) is 1. The lowest BCUT2D eigenvalue weighted by molar-refractivity contribution is -0.154. The minimum Gasteiger partial charge on any atom is -0.484 e. The van der Waals surface area contributed by atoms with Crippen LogP contribution in [-0.2, 0) is 10.0 Å². The third-order valence-electron chi connectivity index (χ3n) is 3.07. The van der Waals surface area contributed by atoms with Crippen LogP contribution in [0.2, 0.25) is 0 Å². The zero-order valence-electron chi connectivity index (χ0n) is 15.0. The Bertz CT molecular complexity index is 735. The van der Waals surface area contributed by atoms with E-state index in [0.29, 0.717) is 19.0 Å². The molecule has 0 spiro atoms. The van der Waals surface area contributed by atoms with Gasteiger partial charge in [0.05, 0.1) is 0 Å². The molecule has 0 radical (unpaired) electrons. The van der Waals surface area contributed by atoms with E-state index < -0.39 is 52.0 Å². The summed E-state index contributed by atoms with van der Waals surface area (Å²) in [6, 6.07) is 2.39. The Kier molecular flexibility index (Phi) is 8.38. The number of halogens is 6. The highest BCUT2D eigenvalue weighted by atomic mass is 32.2. The Hall–Kier alpha value is -1.73. The monoisotopic (exact) mass is 438 g/mol. The second kappa shape index (κ2) is 9.65. The van der Waals surface area contributed by atoms with Gasteiger partial charge in [0.15, 0.2) is 13.2 Å². The Morgan fingerprint density at radius 3 is 2.11 bits per heavy atom. The van der Waals surface area contributed by atoms with E-state index in [4.69, 9.17) is 0 Å². The first kappa shape index (κ1) is 24.3. The van der Waals surface area contributed by atoms with Crippen molar-refractivity contribution in [1.29, 1.82) is 0 Å². The molecule has 1 aromatic carbocycles. The molecule has 6 nitrogen and oxygen atoms in total. The van der Waals surface area contributed by atoms with E-state index in [1.807, 2.05) is 0 Å². The fraction of sp³-hybridized carbons (Fsp3) is 0.600. The van der Waals surface area contributed by atoms with Crippen molar-refractivity contribution >= 4 is 10.0 Å². The SMILES string of the molecule is CN(C)CCCNS(=O)(=O)c1cc(OCC(F)(F)F)ccc1OCC(F)(F)F. The summed E-state index contributed by atoms with van der Waals surface area (Å²) in [5.41, 5.74) is 0. The Morgan fingerprint density at radius 1 is 1.00 bits per heavy atom. The van der Waals surface area contributed by atoms with Gasteiger partial charge in [-0.05, 0) is 39.2 Å². The highest BCUT2D eigenvalue weighted by Crippen LogP contribution is 2.30. The van der Waals surface area contributed by atoms with Gasteiger partial charge in [-0.1, -0.05) is 0 Å². The fourth-order valence-corrected chi connectivity index (χ4v) is 3.14. The van der Waals surface area contributed by atoms with Crippen LogP contribution in [0.5, 0.6) is 11.5 Å². The van der Waals surface area contributed by atoms with Crippen LogP contribution in [0.4, 0.5) is 26.3 Å². The molecule has 1 N–H and O–H groups in total. The van der Waals surface area contributed by atoms with Gasteiger partial charge in [0.1, 0.15) is 16.4 Å². The van der Waals surface area contributed by atoms with Gasteiger partial charge in [-0.15, -0.1) is 0 Å². The van der Waals surface area contributed by atoms with Gasteiger partial charge in [0.25, 0.3) is 0 Å². The van der Waals surface area contributed by atoms with Gasteiger partial charge >= 0.3 is 12.4 Å². The van der Waals surface area contributed by atoms with Crippen LogP contribution in [0.3, 0.4) is 0 Å². The number of sulfonamides is 1. The van der Waals surface area contributed by atoms with Gasteiger partial charge in [0.2, 0.25) is 10.0 Å². The topological polar surface area (TPSA) is 67.9 Å². The first-order valence-electron chi connectivity index (χ1n) is 7.87. The van der Waals surface area contributed by atoms with E-state index in [0.717, 1.165) is 12.1 Å². The Labute approximate surface area is 158 Å². The van der Waals surface area contributed by atoms with Crippen molar-refractivity contribution in [2.24, 2.45) is 0 Å². The fourth-order valence-electron chi connectivity index (χ4n) is 1.91. The molecule has 1 rings (SSSR count). The first-order chi connectivity index (χ1) is 12.7. The lowest BCUT2D eigenvalue weighted by Gasteiger charge is -2.16. The van der Waals surface area contributed by atoms with Crippen LogP contribution < -0.4 is 14.2 Å². The number of nitrogens with one attached hydrogen (secondary N) is 1. The summed E-state index contributed by atoms with van der Waals surface area (Å²) >= 11 is 0. The summed E-state index contributed by atoms with van der Waals surface area (Å²) in [6.07, 6.45) is -9.00. The van der Waals surface area contributed by atoms with E-state index in [-0.39, 0.29) is 6.54 Å². The molecule has 0 atom stereocenters. The Morgan fingerprint density at radius 2 is 1.57 bits per heavy atom. The van der Waals surface area contributed by atoms with E-state index in [1.165, 1.54) is 0 Å². The molecule has 0 aliphatic heterocycles.